The van der Waals surface area contributed by atoms with E-state index in [2.05, 4.69) is 32.4 Å². The van der Waals surface area contributed by atoms with Gasteiger partial charge in [-0.15, -0.1) is 5.11 Å². The fourth-order valence-corrected chi connectivity index (χ4v) is 3.84. The smallest absolute Gasteiger partial charge is 0.414 e. The molecule has 1 atom stereocenters. The van der Waals surface area contributed by atoms with Gasteiger partial charge in [-0.3, -0.25) is 14.9 Å². The van der Waals surface area contributed by atoms with Crippen molar-refractivity contribution < 1.29 is 18.8 Å². The third kappa shape index (κ3) is 9.96. The van der Waals surface area contributed by atoms with Gasteiger partial charge in [0.25, 0.3) is 0 Å². The van der Waals surface area contributed by atoms with Crippen LogP contribution in [0.4, 0.5) is 14.9 Å². The van der Waals surface area contributed by atoms with Gasteiger partial charge in [0.05, 0.1) is 31.0 Å². The predicted molar refractivity (Wildman–Crippen MR) is 159 cm³/mol. The second-order valence-corrected chi connectivity index (χ2v) is 8.77. The summed E-state index contributed by atoms with van der Waals surface area (Å²) < 4.78 is 20.4. The number of cyclic esters (lactones) is 1. The molecule has 41 heavy (non-hydrogen) atoms. The second kappa shape index (κ2) is 17.4. The molecule has 0 N–H and O–H groups in total. The van der Waals surface area contributed by atoms with Crippen molar-refractivity contribution in [2.45, 2.75) is 40.2 Å². The number of hydrogen-bond donors (Lipinski definition) is 0. The third-order valence-electron chi connectivity index (χ3n) is 5.70. The Labute approximate surface area is 242 Å². The van der Waals surface area contributed by atoms with E-state index in [1.54, 1.807) is 36.2 Å². The van der Waals surface area contributed by atoms with Crippen LogP contribution in [0.3, 0.4) is 0 Å². The van der Waals surface area contributed by atoms with E-state index < -0.39 is 11.9 Å². The summed E-state index contributed by atoms with van der Waals surface area (Å²) in [7, 11) is 3.60. The van der Waals surface area contributed by atoms with Crippen molar-refractivity contribution in [3.63, 3.8) is 0 Å². The lowest BCUT2D eigenvalue weighted by molar-refractivity contribution is 0.108. The van der Waals surface area contributed by atoms with E-state index in [1.807, 2.05) is 52.0 Å². The predicted octanol–water partition coefficient (Wildman–Crippen LogP) is 6.74. The Kier molecular flexibility index (Phi) is 13.9. The van der Waals surface area contributed by atoms with E-state index >= 15 is 0 Å². The molecule has 4 rings (SSSR count). The standard InChI is InChI=1S/C23H26FN5O3.C4H9N3.C2H6/c1-3-25-27-28(4-2)14-19-15-29(23(30)32-19)18-9-10-20(21(24)13-18)16-5-7-17(8-6-16)22-11-12-31-26-22;1-4-5-6-7(2)3;1-2/h5-10,13,19H,3-4,11-12,14-15H2,1-2H3;4H,1H2,2-3H3;1-2H3. The lowest BCUT2D eigenvalue weighted by Gasteiger charge is -2.18. The molecule has 0 aromatic heterocycles. The molecule has 2 aliphatic rings. The number of anilines is 1. The molecule has 2 aromatic rings. The molecule has 12 heteroatoms. The molecule has 11 nitrogen and oxygen atoms in total. The van der Waals surface area contributed by atoms with E-state index in [-0.39, 0.29) is 6.10 Å². The van der Waals surface area contributed by atoms with Crippen LogP contribution < -0.4 is 4.90 Å². The monoisotopic (exact) mass is 568 g/mol. The van der Waals surface area contributed by atoms with Crippen LogP contribution in [0.2, 0.25) is 0 Å². The number of amides is 1. The Hall–Kier alpha value is -4.35. The maximum Gasteiger partial charge on any atom is 0.414 e. The first-order valence-corrected chi connectivity index (χ1v) is 13.7. The molecule has 0 aliphatic carbocycles. The number of nitrogens with zero attached hydrogens (tertiary/aromatic N) is 8. The Balaban J connectivity index is 0.000000573. The van der Waals surface area contributed by atoms with Gasteiger partial charge in [-0.1, -0.05) is 60.3 Å². The molecule has 0 spiro atoms. The summed E-state index contributed by atoms with van der Waals surface area (Å²) in [6, 6.07) is 12.3. The number of likely N-dealkylation sites (N-methyl/N-ethyl adjacent to an activating group) is 1. The molecule has 0 bridgehead atoms. The number of ether oxygens (including phenoxy) is 1. The first-order chi connectivity index (χ1) is 19.9. The largest absolute Gasteiger partial charge is 0.442 e. The molecular formula is C29H41FN8O3. The zero-order valence-electron chi connectivity index (χ0n) is 24.8. The zero-order valence-corrected chi connectivity index (χ0v) is 24.8. The minimum Gasteiger partial charge on any atom is -0.442 e. The first-order valence-electron chi connectivity index (χ1n) is 13.7. The van der Waals surface area contributed by atoms with Gasteiger partial charge in [-0.05, 0) is 43.2 Å². The fourth-order valence-electron chi connectivity index (χ4n) is 3.84. The number of benzene rings is 2. The molecular weight excluding hydrogens is 527 g/mol. The van der Waals surface area contributed by atoms with Gasteiger partial charge in [0.15, 0.2) is 0 Å². The summed E-state index contributed by atoms with van der Waals surface area (Å²) in [5.74, 6) is -0.403. The minimum absolute atomic E-state index is 0.328. The third-order valence-corrected chi connectivity index (χ3v) is 5.70. The van der Waals surface area contributed by atoms with Crippen molar-refractivity contribution in [3.8, 4) is 11.1 Å². The van der Waals surface area contributed by atoms with E-state index in [4.69, 9.17) is 9.57 Å². The van der Waals surface area contributed by atoms with Crippen LogP contribution in [-0.2, 0) is 9.57 Å². The van der Waals surface area contributed by atoms with Gasteiger partial charge in [0.1, 0.15) is 18.5 Å². The quantitative estimate of drug-likeness (QED) is 0.233. The Bertz CT molecular complexity index is 1200. The van der Waals surface area contributed by atoms with Crippen LogP contribution in [-0.4, -0.2) is 74.8 Å². The second-order valence-electron chi connectivity index (χ2n) is 8.77. The van der Waals surface area contributed by atoms with Crippen molar-refractivity contribution in [3.05, 3.63) is 66.6 Å². The summed E-state index contributed by atoms with van der Waals surface area (Å²) in [4.78, 5) is 18.9. The van der Waals surface area contributed by atoms with E-state index in [9.17, 15) is 9.18 Å². The van der Waals surface area contributed by atoms with Crippen molar-refractivity contribution in [1.29, 1.82) is 0 Å². The van der Waals surface area contributed by atoms with E-state index in [0.717, 1.165) is 23.3 Å². The highest BCUT2D eigenvalue weighted by Gasteiger charge is 2.33. The molecule has 1 saturated heterocycles. The number of hydrogen-bond acceptors (Lipinski definition) is 8. The Morgan fingerprint density at radius 2 is 1.83 bits per heavy atom. The van der Waals surface area contributed by atoms with Crippen molar-refractivity contribution in [2.24, 2.45) is 25.8 Å². The van der Waals surface area contributed by atoms with Gasteiger partial charge in [0.2, 0.25) is 0 Å². The number of rotatable bonds is 10. The molecule has 0 radical (unpaired) electrons. The van der Waals surface area contributed by atoms with Crippen LogP contribution >= 0.6 is 0 Å². The molecule has 0 saturated carbocycles. The van der Waals surface area contributed by atoms with Crippen molar-refractivity contribution in [2.75, 3.05) is 51.8 Å². The molecule has 1 unspecified atom stereocenters. The summed E-state index contributed by atoms with van der Waals surface area (Å²) in [6.45, 7) is 13.8. The highest BCUT2D eigenvalue weighted by molar-refractivity contribution is 6.01. The molecule has 222 valence electrons. The topological polar surface area (TPSA) is 107 Å². The summed E-state index contributed by atoms with van der Waals surface area (Å²) in [5, 5.41) is 22.5. The van der Waals surface area contributed by atoms with Gasteiger partial charge >= 0.3 is 6.09 Å². The number of carbonyl (C=O) groups excluding carboxylic acids is 1. The number of carbonyl (C=O) groups is 1. The van der Waals surface area contributed by atoms with Gasteiger partial charge in [-0.2, -0.15) is 5.11 Å². The van der Waals surface area contributed by atoms with E-state index in [1.165, 1.54) is 17.2 Å². The summed E-state index contributed by atoms with van der Waals surface area (Å²) in [5.41, 5.74) is 3.54. The maximum absolute atomic E-state index is 15.0. The highest BCUT2D eigenvalue weighted by Crippen LogP contribution is 2.30. The first kappa shape index (κ1) is 32.9. The SMILES string of the molecule is C=CN=NN(C)C.CC.CCN=NN(CC)CC1CN(c2ccc(-c3ccc(C4=NOCC4)cc3)c(F)c2)C(=O)O1. The summed E-state index contributed by atoms with van der Waals surface area (Å²) in [6.07, 6.45) is 1.30. The summed E-state index contributed by atoms with van der Waals surface area (Å²) >= 11 is 0. The van der Waals surface area contributed by atoms with Crippen LogP contribution in [0.25, 0.3) is 11.1 Å². The van der Waals surface area contributed by atoms with Gasteiger partial charge in [0, 0.05) is 38.8 Å². The Morgan fingerprint density at radius 1 is 1.12 bits per heavy atom. The molecule has 1 amide bonds. The number of halogens is 1. The van der Waals surface area contributed by atoms with Crippen LogP contribution in [0.1, 0.15) is 39.7 Å². The van der Waals surface area contributed by atoms with Crippen LogP contribution in [0.15, 0.2) is 81.1 Å². The minimum atomic E-state index is -0.491. The number of oxime groups is 1. The maximum atomic E-state index is 15.0. The molecule has 2 aromatic carbocycles. The van der Waals surface area contributed by atoms with Gasteiger partial charge < -0.3 is 9.57 Å². The average molecular weight is 569 g/mol. The zero-order chi connectivity index (χ0) is 30.2. The van der Waals surface area contributed by atoms with Crippen LogP contribution in [0.5, 0.6) is 0 Å². The molecule has 2 aliphatic heterocycles. The van der Waals surface area contributed by atoms with Crippen LogP contribution in [0, 0.1) is 5.82 Å². The molecule has 2 heterocycles. The lowest BCUT2D eigenvalue weighted by atomic mass is 10.0. The fraction of sp³-hybridized carbons (Fsp3) is 0.448. The van der Waals surface area contributed by atoms with Gasteiger partial charge in [-0.25, -0.2) is 9.18 Å². The van der Waals surface area contributed by atoms with Crippen molar-refractivity contribution >= 4 is 17.5 Å². The average Bonchev–Trinajstić information content (AvgIpc) is 3.65. The Morgan fingerprint density at radius 3 is 2.37 bits per heavy atom. The van der Waals surface area contributed by atoms with Crippen molar-refractivity contribution in [1.82, 2.24) is 10.0 Å². The molecule has 1 fully saturated rings. The highest BCUT2D eigenvalue weighted by atomic mass is 19.1. The van der Waals surface area contributed by atoms with E-state index in [0.29, 0.717) is 44.0 Å². The normalized spacial score (nSPS) is 15.9. The lowest BCUT2D eigenvalue weighted by Crippen LogP contribution is -2.31.